The van der Waals surface area contributed by atoms with Gasteiger partial charge in [-0.2, -0.15) is 0 Å². The Bertz CT molecular complexity index is 236. The van der Waals surface area contributed by atoms with E-state index in [0.29, 0.717) is 6.29 Å². The third-order valence-electron chi connectivity index (χ3n) is 1.55. The van der Waals surface area contributed by atoms with Gasteiger partial charge in [-0.3, -0.25) is 4.79 Å². The molecule has 1 atom stereocenters. The molecular formula is C8H10O6. The number of carbonyl (C=O) groups excluding carboxylic acids is 3. The molecule has 0 bridgehead atoms. The van der Waals surface area contributed by atoms with Crippen LogP contribution in [0.5, 0.6) is 0 Å². The third kappa shape index (κ3) is 3.42. The Balaban J connectivity index is 2.10. The summed E-state index contributed by atoms with van der Waals surface area (Å²) in [7, 11) is 0. The number of hydrogen-bond donors (Lipinski definition) is 0. The van der Waals surface area contributed by atoms with Crippen LogP contribution in [0, 0.1) is 0 Å². The molecule has 1 heterocycles. The Morgan fingerprint density at radius 2 is 2.43 bits per heavy atom. The Hall–Kier alpha value is -1.59. The number of hydrogen-bond acceptors (Lipinski definition) is 6. The summed E-state index contributed by atoms with van der Waals surface area (Å²) >= 11 is 0. The van der Waals surface area contributed by atoms with E-state index in [2.05, 4.69) is 9.47 Å². The predicted molar refractivity (Wildman–Crippen MR) is 42.5 cm³/mol. The molecular weight excluding hydrogens is 192 g/mol. The highest BCUT2D eigenvalue weighted by molar-refractivity contribution is 5.72. The smallest absolute Gasteiger partial charge is 0.462 e. The molecule has 1 saturated heterocycles. The van der Waals surface area contributed by atoms with Crippen LogP contribution in [-0.2, 0) is 23.8 Å². The van der Waals surface area contributed by atoms with E-state index in [1.54, 1.807) is 0 Å². The van der Waals surface area contributed by atoms with Crippen LogP contribution in [0.15, 0.2) is 0 Å². The molecule has 0 aliphatic carbocycles. The normalized spacial score (nSPS) is 19.7. The van der Waals surface area contributed by atoms with Crippen molar-refractivity contribution in [1.82, 2.24) is 0 Å². The molecule has 0 aromatic heterocycles. The van der Waals surface area contributed by atoms with Crippen molar-refractivity contribution in [2.45, 2.75) is 18.9 Å². The van der Waals surface area contributed by atoms with Crippen LogP contribution in [0.25, 0.3) is 0 Å². The van der Waals surface area contributed by atoms with E-state index in [-0.39, 0.29) is 26.1 Å². The minimum Gasteiger partial charge on any atom is -0.462 e. The summed E-state index contributed by atoms with van der Waals surface area (Å²) in [6, 6.07) is 0. The first-order chi connectivity index (χ1) is 6.72. The summed E-state index contributed by atoms with van der Waals surface area (Å²) in [5.74, 6) is -0.486. The lowest BCUT2D eigenvalue weighted by Crippen LogP contribution is -2.20. The van der Waals surface area contributed by atoms with Crippen LogP contribution in [0.2, 0.25) is 0 Å². The number of aldehydes is 1. The van der Waals surface area contributed by atoms with Crippen LogP contribution >= 0.6 is 0 Å². The fraction of sp³-hybridized carbons (Fsp3) is 0.625. The molecule has 1 aliphatic heterocycles. The number of ether oxygens (including phenoxy) is 3. The van der Waals surface area contributed by atoms with E-state index in [9.17, 15) is 14.4 Å². The maximum absolute atomic E-state index is 10.9. The minimum atomic E-state index is -0.751. The lowest BCUT2D eigenvalue weighted by molar-refractivity contribution is -0.146. The van der Waals surface area contributed by atoms with Gasteiger partial charge in [-0.1, -0.05) is 0 Å². The molecule has 0 radical (unpaired) electrons. The van der Waals surface area contributed by atoms with E-state index in [0.717, 1.165) is 0 Å². The number of carbonyl (C=O) groups is 3. The zero-order valence-corrected chi connectivity index (χ0v) is 7.43. The van der Waals surface area contributed by atoms with Crippen molar-refractivity contribution in [3.8, 4) is 0 Å². The molecule has 1 aliphatic rings. The fourth-order valence-electron chi connectivity index (χ4n) is 0.882. The predicted octanol–water partition coefficient (Wildman–Crippen LogP) is 0.0441. The average molecular weight is 202 g/mol. The molecule has 0 aromatic carbocycles. The van der Waals surface area contributed by atoms with Gasteiger partial charge in [-0.15, -0.1) is 0 Å². The van der Waals surface area contributed by atoms with Gasteiger partial charge in [0.15, 0.2) is 6.10 Å². The quantitative estimate of drug-likeness (QED) is 0.462. The summed E-state index contributed by atoms with van der Waals surface area (Å²) in [4.78, 5) is 31.2. The van der Waals surface area contributed by atoms with E-state index in [4.69, 9.17) is 4.74 Å². The highest BCUT2D eigenvalue weighted by Crippen LogP contribution is 2.06. The molecule has 0 aromatic rings. The second-order valence-electron chi connectivity index (χ2n) is 2.69. The Kier molecular flexibility index (Phi) is 3.90. The van der Waals surface area contributed by atoms with Gasteiger partial charge in [-0.25, -0.2) is 4.79 Å². The van der Waals surface area contributed by atoms with Crippen molar-refractivity contribution >= 4 is 18.4 Å². The molecule has 78 valence electrons. The van der Waals surface area contributed by atoms with Crippen molar-refractivity contribution < 1.29 is 28.6 Å². The fourth-order valence-corrected chi connectivity index (χ4v) is 0.882. The second-order valence-corrected chi connectivity index (χ2v) is 2.69. The first-order valence-corrected chi connectivity index (χ1v) is 4.15. The first-order valence-electron chi connectivity index (χ1n) is 4.15. The molecule has 6 heteroatoms. The van der Waals surface area contributed by atoms with Crippen molar-refractivity contribution in [3.63, 3.8) is 0 Å². The highest BCUT2D eigenvalue weighted by atomic mass is 16.8. The largest absolute Gasteiger partial charge is 0.508 e. The summed E-state index contributed by atoms with van der Waals surface area (Å²) in [6.45, 7) is 0.0726. The van der Waals surface area contributed by atoms with Gasteiger partial charge in [0.2, 0.25) is 0 Å². The molecule has 0 N–H and O–H groups in total. The second kappa shape index (κ2) is 5.21. The van der Waals surface area contributed by atoms with Crippen molar-refractivity contribution in [3.05, 3.63) is 0 Å². The first kappa shape index (κ1) is 10.5. The molecule has 0 saturated carbocycles. The van der Waals surface area contributed by atoms with E-state index >= 15 is 0 Å². The van der Waals surface area contributed by atoms with Gasteiger partial charge < -0.3 is 19.0 Å². The van der Waals surface area contributed by atoms with Gasteiger partial charge in [-0.05, 0) is 0 Å². The third-order valence-corrected chi connectivity index (χ3v) is 1.55. The molecule has 0 spiro atoms. The zero-order chi connectivity index (χ0) is 10.4. The molecule has 0 amide bonds. The van der Waals surface area contributed by atoms with Crippen LogP contribution in [0.4, 0.5) is 4.79 Å². The summed E-state index contributed by atoms with van der Waals surface area (Å²) < 4.78 is 13.8. The van der Waals surface area contributed by atoms with Gasteiger partial charge in [0.05, 0.1) is 6.42 Å². The lowest BCUT2D eigenvalue weighted by Gasteiger charge is -2.06. The van der Waals surface area contributed by atoms with Crippen molar-refractivity contribution in [2.24, 2.45) is 0 Å². The Labute approximate surface area is 80.1 Å². The van der Waals surface area contributed by atoms with E-state index in [1.165, 1.54) is 0 Å². The number of cyclic esters (lactones) is 2. The van der Waals surface area contributed by atoms with Gasteiger partial charge in [0.25, 0.3) is 0 Å². The van der Waals surface area contributed by atoms with Gasteiger partial charge in [0.1, 0.15) is 19.5 Å². The van der Waals surface area contributed by atoms with Crippen LogP contribution in [-0.4, -0.2) is 37.7 Å². The zero-order valence-electron chi connectivity index (χ0n) is 7.43. The van der Waals surface area contributed by atoms with Crippen molar-refractivity contribution in [1.29, 1.82) is 0 Å². The molecule has 1 fully saturated rings. The molecule has 1 rings (SSSR count). The molecule has 6 nitrogen and oxygen atoms in total. The lowest BCUT2D eigenvalue weighted by atomic mass is 10.3. The standard InChI is InChI=1S/C8H10O6/c9-3-1-2-7(10)12-4-6-5-13-8(11)14-6/h3,6H,1-2,4-5H2. The average Bonchev–Trinajstić information content (AvgIpc) is 2.58. The topological polar surface area (TPSA) is 78.9 Å². The van der Waals surface area contributed by atoms with Gasteiger partial charge in [0, 0.05) is 6.42 Å². The SMILES string of the molecule is O=CCCC(=O)OCC1COC(=O)O1. The number of esters is 1. The van der Waals surface area contributed by atoms with E-state index < -0.39 is 18.2 Å². The maximum Gasteiger partial charge on any atom is 0.508 e. The summed E-state index contributed by atoms with van der Waals surface area (Å²) in [6.07, 6.45) is -0.452. The summed E-state index contributed by atoms with van der Waals surface area (Å²) in [5.41, 5.74) is 0. The number of rotatable bonds is 5. The van der Waals surface area contributed by atoms with Crippen LogP contribution in [0.1, 0.15) is 12.8 Å². The van der Waals surface area contributed by atoms with Crippen molar-refractivity contribution in [2.75, 3.05) is 13.2 Å². The minimum absolute atomic E-state index is 0.0244. The van der Waals surface area contributed by atoms with E-state index in [1.807, 2.05) is 0 Å². The highest BCUT2D eigenvalue weighted by Gasteiger charge is 2.25. The molecule has 1 unspecified atom stereocenters. The summed E-state index contributed by atoms with van der Waals surface area (Å²) in [5, 5.41) is 0. The van der Waals surface area contributed by atoms with Crippen LogP contribution in [0.3, 0.4) is 0 Å². The monoisotopic (exact) mass is 202 g/mol. The maximum atomic E-state index is 10.9. The van der Waals surface area contributed by atoms with Crippen LogP contribution < -0.4 is 0 Å². The Morgan fingerprint density at radius 3 is 3.00 bits per heavy atom. The molecule has 14 heavy (non-hydrogen) atoms. The Morgan fingerprint density at radius 1 is 1.64 bits per heavy atom. The van der Waals surface area contributed by atoms with Gasteiger partial charge >= 0.3 is 12.1 Å².